The molecule has 0 aromatic carbocycles. The van der Waals surface area contributed by atoms with Crippen LogP contribution in [-0.4, -0.2) is 44.7 Å². The van der Waals surface area contributed by atoms with Gasteiger partial charge in [-0.25, -0.2) is 0 Å². The molecule has 3 unspecified atom stereocenters. The summed E-state index contributed by atoms with van der Waals surface area (Å²) in [5.41, 5.74) is 0. The van der Waals surface area contributed by atoms with Crippen LogP contribution < -0.4 is 0 Å². The van der Waals surface area contributed by atoms with E-state index in [1.165, 1.54) is 0 Å². The van der Waals surface area contributed by atoms with Gasteiger partial charge in [0.2, 0.25) is 7.37 Å². The maximum Gasteiger partial charge on any atom is 0.319 e. The molecule has 7 nitrogen and oxygen atoms in total. The lowest BCUT2D eigenvalue weighted by molar-refractivity contribution is -0.141. The Morgan fingerprint density at radius 2 is 2.00 bits per heavy atom. The normalized spacial score (nSPS) is 26.1. The number of carboxylic acid groups (broad SMARTS) is 2. The lowest BCUT2D eigenvalue weighted by Crippen LogP contribution is -2.40. The molecule has 0 aliphatic carbocycles. The minimum Gasteiger partial charge on any atom is -0.481 e. The maximum absolute atomic E-state index is 12.5. The van der Waals surface area contributed by atoms with Crippen molar-refractivity contribution in [1.82, 2.24) is 0 Å². The standard InChI is InChI=1S/C11H19O7P/c1-11(10(14)15,6-5-8(12)13)19(16,17)9-4-2-3-7-18-9/h9H,2-7H2,1H3,(H,12,13)(H,14,15)(H,16,17). The zero-order chi connectivity index (χ0) is 14.7. The fraction of sp³-hybridized carbons (Fsp3) is 0.818. The predicted molar refractivity (Wildman–Crippen MR) is 66.3 cm³/mol. The van der Waals surface area contributed by atoms with Crippen molar-refractivity contribution in [3.63, 3.8) is 0 Å². The van der Waals surface area contributed by atoms with Gasteiger partial charge in [-0.3, -0.25) is 14.2 Å². The highest BCUT2D eigenvalue weighted by Gasteiger charge is 2.54. The first kappa shape index (κ1) is 16.1. The topological polar surface area (TPSA) is 121 Å². The fourth-order valence-corrected chi connectivity index (χ4v) is 4.25. The summed E-state index contributed by atoms with van der Waals surface area (Å²) in [6, 6.07) is 0. The predicted octanol–water partition coefficient (Wildman–Crippen LogP) is 1.49. The molecule has 110 valence electrons. The van der Waals surface area contributed by atoms with Crippen LogP contribution in [0.4, 0.5) is 0 Å². The molecule has 3 N–H and O–H groups in total. The van der Waals surface area contributed by atoms with Crippen LogP contribution in [0.15, 0.2) is 0 Å². The van der Waals surface area contributed by atoms with E-state index >= 15 is 0 Å². The average Bonchev–Trinajstić information content (AvgIpc) is 2.36. The van der Waals surface area contributed by atoms with E-state index in [0.717, 1.165) is 13.3 Å². The third-order valence-electron chi connectivity index (χ3n) is 3.54. The van der Waals surface area contributed by atoms with E-state index in [4.69, 9.17) is 9.84 Å². The first-order chi connectivity index (χ1) is 8.72. The lowest BCUT2D eigenvalue weighted by Gasteiger charge is -2.36. The number of ether oxygens (including phenoxy) is 1. The van der Waals surface area contributed by atoms with Crippen molar-refractivity contribution in [1.29, 1.82) is 0 Å². The summed E-state index contributed by atoms with van der Waals surface area (Å²) in [6.07, 6.45) is 0.925. The maximum atomic E-state index is 12.5. The molecule has 1 aliphatic heterocycles. The van der Waals surface area contributed by atoms with Gasteiger partial charge < -0.3 is 19.8 Å². The van der Waals surface area contributed by atoms with Crippen LogP contribution in [0.25, 0.3) is 0 Å². The van der Waals surface area contributed by atoms with Crippen molar-refractivity contribution in [3.05, 3.63) is 0 Å². The minimum absolute atomic E-state index is 0.323. The summed E-state index contributed by atoms with van der Waals surface area (Å²) in [7, 11) is -4.19. The molecule has 19 heavy (non-hydrogen) atoms. The molecule has 0 saturated carbocycles. The molecular weight excluding hydrogens is 275 g/mol. The van der Waals surface area contributed by atoms with Gasteiger partial charge in [0, 0.05) is 13.0 Å². The van der Waals surface area contributed by atoms with Crippen molar-refractivity contribution in [2.45, 2.75) is 50.0 Å². The molecule has 1 heterocycles. The molecule has 1 rings (SSSR count). The van der Waals surface area contributed by atoms with Crippen LogP contribution in [0.3, 0.4) is 0 Å². The number of aliphatic carboxylic acids is 2. The second-order valence-corrected chi connectivity index (χ2v) is 7.73. The number of carboxylic acids is 2. The number of hydrogen-bond acceptors (Lipinski definition) is 4. The van der Waals surface area contributed by atoms with E-state index in [0.29, 0.717) is 19.4 Å². The highest BCUT2D eigenvalue weighted by molar-refractivity contribution is 7.61. The van der Waals surface area contributed by atoms with Gasteiger partial charge in [0.15, 0.2) is 0 Å². The Bertz CT molecular complexity index is 402. The van der Waals surface area contributed by atoms with Crippen LogP contribution >= 0.6 is 7.37 Å². The van der Waals surface area contributed by atoms with Crippen molar-refractivity contribution in [3.8, 4) is 0 Å². The summed E-state index contributed by atoms with van der Waals surface area (Å²) in [5, 5.41) is 15.9. The summed E-state index contributed by atoms with van der Waals surface area (Å²) in [5.74, 6) is -3.68. The smallest absolute Gasteiger partial charge is 0.319 e. The number of rotatable bonds is 6. The molecule has 0 radical (unpaired) electrons. The molecular formula is C11H19O7P. The van der Waals surface area contributed by atoms with Crippen LogP contribution in [0.2, 0.25) is 0 Å². The quantitative estimate of drug-likeness (QED) is 0.634. The molecule has 0 bridgehead atoms. The highest BCUT2D eigenvalue weighted by Crippen LogP contribution is 2.62. The van der Waals surface area contributed by atoms with Gasteiger partial charge in [0.05, 0.1) is 0 Å². The van der Waals surface area contributed by atoms with E-state index in [1.54, 1.807) is 0 Å². The van der Waals surface area contributed by atoms with Gasteiger partial charge in [-0.2, -0.15) is 0 Å². The molecule has 0 amide bonds. The SMILES string of the molecule is CC(CCC(=O)O)(C(=O)O)P(=O)(O)C1CCCCO1. The van der Waals surface area contributed by atoms with Crippen molar-refractivity contribution < 1.29 is 34.0 Å². The molecule has 3 atom stereocenters. The second kappa shape index (κ2) is 6.03. The summed E-state index contributed by atoms with van der Waals surface area (Å²) < 4.78 is 17.7. The van der Waals surface area contributed by atoms with Gasteiger partial charge in [-0.05, 0) is 32.6 Å². The molecule has 1 fully saturated rings. The Kier molecular flexibility index (Phi) is 5.12. The Balaban J connectivity index is 2.98. The van der Waals surface area contributed by atoms with Crippen molar-refractivity contribution in [2.24, 2.45) is 0 Å². The van der Waals surface area contributed by atoms with E-state index in [2.05, 4.69) is 0 Å². The second-order valence-electron chi connectivity index (χ2n) is 4.92. The van der Waals surface area contributed by atoms with Crippen molar-refractivity contribution >= 4 is 19.3 Å². The molecule has 1 saturated heterocycles. The Labute approximate surface area is 111 Å². The fourth-order valence-electron chi connectivity index (χ4n) is 2.07. The van der Waals surface area contributed by atoms with Crippen LogP contribution in [0.5, 0.6) is 0 Å². The largest absolute Gasteiger partial charge is 0.481 e. The Hall–Kier alpha value is -0.910. The molecule has 0 aromatic rings. The van der Waals surface area contributed by atoms with E-state index in [9.17, 15) is 24.2 Å². The van der Waals surface area contributed by atoms with Gasteiger partial charge in [-0.1, -0.05) is 0 Å². The first-order valence-electron chi connectivity index (χ1n) is 6.11. The number of hydrogen-bond donors (Lipinski definition) is 3. The van der Waals surface area contributed by atoms with E-state index < -0.39 is 43.2 Å². The molecule has 1 aliphatic rings. The first-order valence-corrected chi connectivity index (χ1v) is 7.84. The van der Waals surface area contributed by atoms with Gasteiger partial charge >= 0.3 is 11.9 Å². The number of carbonyl (C=O) groups is 2. The summed E-state index contributed by atoms with van der Waals surface area (Å²) >= 11 is 0. The summed E-state index contributed by atoms with van der Waals surface area (Å²) in [6.45, 7) is 1.45. The molecule has 0 aromatic heterocycles. The molecule has 8 heteroatoms. The monoisotopic (exact) mass is 294 g/mol. The van der Waals surface area contributed by atoms with Crippen LogP contribution in [0.1, 0.15) is 39.0 Å². The summed E-state index contributed by atoms with van der Waals surface area (Å²) in [4.78, 5) is 32.1. The van der Waals surface area contributed by atoms with Gasteiger partial charge in [0.25, 0.3) is 0 Å². The van der Waals surface area contributed by atoms with Crippen molar-refractivity contribution in [2.75, 3.05) is 6.61 Å². The van der Waals surface area contributed by atoms with E-state index in [1.807, 2.05) is 0 Å². The molecule has 0 spiro atoms. The van der Waals surface area contributed by atoms with E-state index in [-0.39, 0.29) is 0 Å². The third-order valence-corrected chi connectivity index (χ3v) is 6.56. The van der Waals surface area contributed by atoms with Crippen LogP contribution in [-0.2, 0) is 18.9 Å². The van der Waals surface area contributed by atoms with Crippen LogP contribution in [0, 0.1) is 0 Å². The van der Waals surface area contributed by atoms with Gasteiger partial charge in [0.1, 0.15) is 11.0 Å². The lowest BCUT2D eigenvalue weighted by atomic mass is 10.1. The Morgan fingerprint density at radius 3 is 2.42 bits per heavy atom. The highest BCUT2D eigenvalue weighted by atomic mass is 31.2. The zero-order valence-electron chi connectivity index (χ0n) is 10.7. The zero-order valence-corrected chi connectivity index (χ0v) is 11.6. The van der Waals surface area contributed by atoms with Gasteiger partial charge in [-0.15, -0.1) is 0 Å². The average molecular weight is 294 g/mol. The Morgan fingerprint density at radius 1 is 1.37 bits per heavy atom. The minimum atomic E-state index is -4.19. The third kappa shape index (κ3) is 3.35.